The fourth-order valence-corrected chi connectivity index (χ4v) is 3.07. The quantitative estimate of drug-likeness (QED) is 0.705. The number of rotatable bonds is 8. The van der Waals surface area contributed by atoms with Gasteiger partial charge in [0, 0.05) is 23.1 Å². The zero-order valence-electron chi connectivity index (χ0n) is 13.9. The van der Waals surface area contributed by atoms with Gasteiger partial charge in [-0.3, -0.25) is 4.79 Å². The molecule has 0 aromatic heterocycles. The molecule has 0 radical (unpaired) electrons. The van der Waals surface area contributed by atoms with Gasteiger partial charge < -0.3 is 10.4 Å². The van der Waals surface area contributed by atoms with Crippen LogP contribution in [0.25, 0.3) is 0 Å². The zero-order valence-corrected chi connectivity index (χ0v) is 14.7. The molecular weight excluding hydrogens is 341 g/mol. The van der Waals surface area contributed by atoms with Gasteiger partial charge in [-0.25, -0.2) is 9.18 Å². The largest absolute Gasteiger partial charge is 0.478 e. The van der Waals surface area contributed by atoms with Gasteiger partial charge in [-0.15, -0.1) is 11.8 Å². The summed E-state index contributed by atoms with van der Waals surface area (Å²) in [5, 5.41) is 11.7. The molecule has 1 unspecified atom stereocenters. The second-order valence-corrected chi connectivity index (χ2v) is 6.80. The number of carboxylic acids is 1. The summed E-state index contributed by atoms with van der Waals surface area (Å²) in [4.78, 5) is 23.8. The van der Waals surface area contributed by atoms with Gasteiger partial charge >= 0.3 is 5.97 Å². The highest BCUT2D eigenvalue weighted by Gasteiger charge is 2.13. The monoisotopic (exact) mass is 361 g/mol. The second kappa shape index (κ2) is 9.22. The van der Waals surface area contributed by atoms with Crippen molar-refractivity contribution >= 4 is 23.6 Å². The van der Waals surface area contributed by atoms with Crippen LogP contribution in [-0.4, -0.2) is 29.3 Å². The minimum Gasteiger partial charge on any atom is -0.478 e. The summed E-state index contributed by atoms with van der Waals surface area (Å²) in [5.74, 6) is -0.801. The number of aromatic carboxylic acids is 1. The van der Waals surface area contributed by atoms with Crippen LogP contribution in [0.1, 0.15) is 22.8 Å². The first-order valence-corrected chi connectivity index (χ1v) is 8.92. The van der Waals surface area contributed by atoms with Crippen molar-refractivity contribution in [1.29, 1.82) is 0 Å². The number of halogens is 1. The Labute approximate surface area is 150 Å². The van der Waals surface area contributed by atoms with Gasteiger partial charge in [0.15, 0.2) is 0 Å². The maximum absolute atomic E-state index is 12.9. The predicted molar refractivity (Wildman–Crippen MR) is 96.4 cm³/mol. The van der Waals surface area contributed by atoms with Crippen molar-refractivity contribution < 1.29 is 19.1 Å². The molecule has 4 nitrogen and oxygen atoms in total. The molecule has 0 aliphatic carbocycles. The second-order valence-electron chi connectivity index (χ2n) is 5.71. The van der Waals surface area contributed by atoms with Crippen molar-refractivity contribution in [3.05, 3.63) is 65.5 Å². The van der Waals surface area contributed by atoms with Crippen molar-refractivity contribution in [2.45, 2.75) is 18.2 Å². The van der Waals surface area contributed by atoms with Crippen LogP contribution in [0.2, 0.25) is 0 Å². The number of hydrogen-bond acceptors (Lipinski definition) is 3. The maximum atomic E-state index is 12.9. The van der Waals surface area contributed by atoms with E-state index in [9.17, 15) is 14.0 Å². The lowest BCUT2D eigenvalue weighted by atomic mass is 10.1. The topological polar surface area (TPSA) is 66.4 Å². The minimum atomic E-state index is -0.952. The highest BCUT2D eigenvalue weighted by Crippen LogP contribution is 2.21. The Morgan fingerprint density at radius 3 is 2.36 bits per heavy atom. The summed E-state index contributed by atoms with van der Waals surface area (Å²) >= 11 is 1.52. The number of carboxylic acid groups (broad SMARTS) is 1. The van der Waals surface area contributed by atoms with Gasteiger partial charge in [0.1, 0.15) is 5.82 Å². The molecule has 0 aliphatic heterocycles. The molecule has 0 saturated heterocycles. The molecule has 25 heavy (non-hydrogen) atoms. The number of thioether (sulfide) groups is 1. The summed E-state index contributed by atoms with van der Waals surface area (Å²) in [5.41, 5.74) is 1.22. The Bertz CT molecular complexity index is 716. The van der Waals surface area contributed by atoms with Crippen LogP contribution in [0, 0.1) is 11.7 Å². The van der Waals surface area contributed by atoms with Crippen LogP contribution >= 0.6 is 11.8 Å². The van der Waals surface area contributed by atoms with E-state index in [-0.39, 0.29) is 23.2 Å². The molecule has 1 amide bonds. The molecule has 0 fully saturated rings. The fraction of sp³-hybridized carbons (Fsp3) is 0.263. The van der Waals surface area contributed by atoms with Gasteiger partial charge in [-0.1, -0.05) is 19.1 Å². The Hall–Kier alpha value is -2.34. The van der Waals surface area contributed by atoms with E-state index < -0.39 is 5.97 Å². The van der Waals surface area contributed by atoms with Crippen LogP contribution in [0.3, 0.4) is 0 Å². The Balaban J connectivity index is 1.71. The van der Waals surface area contributed by atoms with Crippen LogP contribution in [0.5, 0.6) is 0 Å². The number of hydrogen-bond donors (Lipinski definition) is 2. The molecule has 2 aromatic carbocycles. The van der Waals surface area contributed by atoms with Crippen LogP contribution < -0.4 is 5.32 Å². The van der Waals surface area contributed by atoms with Gasteiger partial charge in [0.2, 0.25) is 5.91 Å². The van der Waals surface area contributed by atoms with Crippen molar-refractivity contribution in [2.75, 3.05) is 12.3 Å². The summed E-state index contributed by atoms with van der Waals surface area (Å²) in [7, 11) is 0. The lowest BCUT2D eigenvalue weighted by molar-refractivity contribution is -0.123. The highest BCUT2D eigenvalue weighted by molar-refractivity contribution is 7.99. The SMILES string of the molecule is CC(CSc1ccc(F)cc1)C(=O)NCCc1ccc(C(=O)O)cc1. The van der Waals surface area contributed by atoms with E-state index >= 15 is 0 Å². The van der Waals surface area contributed by atoms with Crippen molar-refractivity contribution in [3.8, 4) is 0 Å². The van der Waals surface area contributed by atoms with Crippen molar-refractivity contribution in [3.63, 3.8) is 0 Å². The Morgan fingerprint density at radius 2 is 1.76 bits per heavy atom. The first-order valence-electron chi connectivity index (χ1n) is 7.94. The minimum absolute atomic E-state index is 0.0308. The van der Waals surface area contributed by atoms with E-state index in [1.54, 1.807) is 36.4 Å². The zero-order chi connectivity index (χ0) is 18.2. The molecule has 6 heteroatoms. The molecule has 0 aliphatic rings. The number of amides is 1. The maximum Gasteiger partial charge on any atom is 0.335 e. The van der Waals surface area contributed by atoms with E-state index in [1.807, 2.05) is 6.92 Å². The predicted octanol–water partition coefficient (Wildman–Crippen LogP) is 3.61. The van der Waals surface area contributed by atoms with Crippen LogP contribution in [0.4, 0.5) is 4.39 Å². The lowest BCUT2D eigenvalue weighted by Gasteiger charge is -2.12. The number of carbonyl (C=O) groups excluding carboxylic acids is 1. The first kappa shape index (κ1) is 19.0. The lowest BCUT2D eigenvalue weighted by Crippen LogP contribution is -2.32. The highest BCUT2D eigenvalue weighted by atomic mass is 32.2. The molecule has 2 N–H and O–H groups in total. The summed E-state index contributed by atoms with van der Waals surface area (Å²) in [6.45, 7) is 2.35. The van der Waals surface area contributed by atoms with Gasteiger partial charge in [0.25, 0.3) is 0 Å². The Morgan fingerprint density at radius 1 is 1.12 bits per heavy atom. The molecule has 0 heterocycles. The molecule has 1 atom stereocenters. The average Bonchev–Trinajstić information content (AvgIpc) is 2.61. The summed E-state index contributed by atoms with van der Waals surface area (Å²) in [6.07, 6.45) is 0.642. The van der Waals surface area contributed by atoms with Crippen LogP contribution in [-0.2, 0) is 11.2 Å². The summed E-state index contributed by atoms with van der Waals surface area (Å²) in [6, 6.07) is 12.8. The third kappa shape index (κ3) is 6.23. The Kier molecular flexibility index (Phi) is 7.01. The number of nitrogens with one attached hydrogen (secondary N) is 1. The third-order valence-corrected chi connectivity index (χ3v) is 4.95. The molecule has 0 saturated carbocycles. The fourth-order valence-electron chi connectivity index (χ4n) is 2.15. The molecule has 0 spiro atoms. The first-order chi connectivity index (χ1) is 12.0. The average molecular weight is 361 g/mol. The van der Waals surface area contributed by atoms with Gasteiger partial charge in [-0.05, 0) is 48.4 Å². The molecule has 2 aromatic rings. The smallest absolute Gasteiger partial charge is 0.335 e. The number of benzene rings is 2. The molecule has 0 bridgehead atoms. The normalized spacial score (nSPS) is 11.8. The van der Waals surface area contributed by atoms with Gasteiger partial charge in [-0.2, -0.15) is 0 Å². The van der Waals surface area contributed by atoms with Crippen LogP contribution in [0.15, 0.2) is 53.4 Å². The number of carbonyl (C=O) groups is 2. The molecule has 2 rings (SSSR count). The van der Waals surface area contributed by atoms with Gasteiger partial charge in [0.05, 0.1) is 5.56 Å². The van der Waals surface area contributed by atoms with E-state index in [4.69, 9.17) is 5.11 Å². The van der Waals surface area contributed by atoms with Crippen molar-refractivity contribution in [2.24, 2.45) is 5.92 Å². The standard InChI is InChI=1S/C19H20FNO3S/c1-13(12-25-17-8-6-16(20)7-9-17)18(22)21-11-10-14-2-4-15(5-3-14)19(23)24/h2-9,13H,10-12H2,1H3,(H,21,22)(H,23,24). The van der Waals surface area contributed by atoms with E-state index in [2.05, 4.69) is 5.32 Å². The molecule has 132 valence electrons. The van der Waals surface area contributed by atoms with E-state index in [1.165, 1.54) is 23.9 Å². The molecular formula is C19H20FNO3S. The van der Waals surface area contributed by atoms with E-state index in [0.29, 0.717) is 18.7 Å². The third-order valence-electron chi connectivity index (χ3n) is 3.68. The summed E-state index contributed by atoms with van der Waals surface area (Å²) < 4.78 is 12.9. The van der Waals surface area contributed by atoms with E-state index in [0.717, 1.165) is 10.5 Å². The van der Waals surface area contributed by atoms with Crippen molar-refractivity contribution in [1.82, 2.24) is 5.32 Å².